The minimum Gasteiger partial charge on any atom is -0.497 e. The number of hydrogen-bond donors (Lipinski definition) is 1. The van der Waals surface area contributed by atoms with Gasteiger partial charge in [0.2, 0.25) is 5.91 Å². The van der Waals surface area contributed by atoms with E-state index in [4.69, 9.17) is 27.9 Å². The van der Waals surface area contributed by atoms with Gasteiger partial charge in [-0.2, -0.15) is 0 Å². The molecular weight excluding hydrogens is 423 g/mol. The number of aromatic nitrogens is 1. The van der Waals surface area contributed by atoms with Crippen LogP contribution in [-0.2, 0) is 10.2 Å². The minimum atomic E-state index is -1.54. The Kier molecular flexibility index (Phi) is 5.26. The van der Waals surface area contributed by atoms with Gasteiger partial charge >= 0.3 is 0 Å². The lowest BCUT2D eigenvalue weighted by molar-refractivity contribution is -0.120. The van der Waals surface area contributed by atoms with Crippen LogP contribution in [0.4, 0.5) is 5.69 Å². The fourth-order valence-electron chi connectivity index (χ4n) is 4.07. The highest BCUT2D eigenvalue weighted by molar-refractivity contribution is 6.41. The summed E-state index contributed by atoms with van der Waals surface area (Å²) in [5, 5.41) is 3.39. The number of carbonyl (C=O) groups excluding carboxylic acids is 2. The summed E-state index contributed by atoms with van der Waals surface area (Å²) in [6, 6.07) is 13.6. The quantitative estimate of drug-likeness (QED) is 0.560. The third-order valence-electron chi connectivity index (χ3n) is 5.63. The number of Topliss-reactive ketones (excluding diaryl/α,β-unsaturated/α-hetero) is 1. The van der Waals surface area contributed by atoms with E-state index in [2.05, 4.69) is 10.3 Å². The molecule has 0 radical (unpaired) electrons. The van der Waals surface area contributed by atoms with Crippen molar-refractivity contribution in [2.45, 2.75) is 18.3 Å². The number of ether oxygens (including phenoxy) is 1. The zero-order valence-corrected chi connectivity index (χ0v) is 17.8. The molecule has 2 unspecified atom stereocenters. The van der Waals surface area contributed by atoms with Gasteiger partial charge in [0, 0.05) is 23.3 Å². The van der Waals surface area contributed by atoms with Crippen molar-refractivity contribution in [2.75, 3.05) is 12.4 Å². The molecule has 30 heavy (non-hydrogen) atoms. The zero-order valence-electron chi connectivity index (χ0n) is 16.3. The molecule has 7 heteroatoms. The number of anilines is 1. The average molecular weight is 441 g/mol. The van der Waals surface area contributed by atoms with Crippen LogP contribution in [0.5, 0.6) is 5.75 Å². The topological polar surface area (TPSA) is 68.3 Å². The van der Waals surface area contributed by atoms with Crippen molar-refractivity contribution in [3.8, 4) is 5.75 Å². The summed E-state index contributed by atoms with van der Waals surface area (Å²) in [6.45, 7) is 1.84. The van der Waals surface area contributed by atoms with E-state index in [1.165, 1.54) is 12.1 Å². The Hall–Kier alpha value is -2.89. The number of rotatable bonds is 4. The largest absolute Gasteiger partial charge is 0.497 e. The molecule has 5 nitrogen and oxygen atoms in total. The van der Waals surface area contributed by atoms with E-state index in [0.29, 0.717) is 22.0 Å². The second kappa shape index (κ2) is 7.74. The third kappa shape index (κ3) is 3.06. The Morgan fingerprint density at radius 3 is 2.47 bits per heavy atom. The standard InChI is InChI=1S/C23H18Cl2N2O3/c1-13(14-4-3-9-26-12-14)23(15-5-7-17(30-2)8-6-15)21(28)20-18(25)10-16(24)11-19(20)27-22(23)29/h3-13H,1-2H3,(H,27,29). The van der Waals surface area contributed by atoms with Crippen LogP contribution in [-0.4, -0.2) is 23.8 Å². The van der Waals surface area contributed by atoms with Crippen molar-refractivity contribution in [3.63, 3.8) is 0 Å². The highest BCUT2D eigenvalue weighted by Gasteiger charge is 2.56. The summed E-state index contributed by atoms with van der Waals surface area (Å²) in [7, 11) is 1.56. The molecule has 0 saturated heterocycles. The molecule has 0 spiro atoms. The molecular formula is C23H18Cl2N2O3. The molecule has 3 aromatic rings. The van der Waals surface area contributed by atoms with E-state index in [1.54, 1.807) is 49.8 Å². The van der Waals surface area contributed by atoms with Crippen LogP contribution in [0.15, 0.2) is 60.9 Å². The molecule has 2 aromatic carbocycles. The van der Waals surface area contributed by atoms with Crippen LogP contribution >= 0.6 is 23.2 Å². The number of benzene rings is 2. The number of pyridine rings is 1. The molecule has 0 fully saturated rings. The third-order valence-corrected chi connectivity index (χ3v) is 6.14. The maximum Gasteiger partial charge on any atom is 0.243 e. The predicted octanol–water partition coefficient (Wildman–Crippen LogP) is 5.27. The van der Waals surface area contributed by atoms with E-state index < -0.39 is 17.2 Å². The summed E-state index contributed by atoms with van der Waals surface area (Å²) in [4.78, 5) is 31.8. The molecule has 0 saturated carbocycles. The number of nitrogens with one attached hydrogen (secondary N) is 1. The van der Waals surface area contributed by atoms with Gasteiger partial charge in [0.1, 0.15) is 11.2 Å². The smallest absolute Gasteiger partial charge is 0.243 e. The van der Waals surface area contributed by atoms with Gasteiger partial charge in [0.15, 0.2) is 5.78 Å². The van der Waals surface area contributed by atoms with Crippen LogP contribution < -0.4 is 10.1 Å². The van der Waals surface area contributed by atoms with Gasteiger partial charge in [-0.1, -0.05) is 48.3 Å². The second-order valence-corrected chi connectivity index (χ2v) is 7.98. The van der Waals surface area contributed by atoms with Crippen LogP contribution in [0.2, 0.25) is 10.0 Å². The molecule has 1 aliphatic heterocycles. The molecule has 0 aliphatic carbocycles. The summed E-state index contributed by atoms with van der Waals surface area (Å²) in [5.74, 6) is -0.729. The van der Waals surface area contributed by atoms with E-state index in [9.17, 15) is 9.59 Å². The second-order valence-electron chi connectivity index (χ2n) is 7.14. The number of nitrogens with zero attached hydrogens (tertiary/aromatic N) is 1. The SMILES string of the molecule is COc1ccc(C2(C(C)c3cccnc3)C(=O)Nc3cc(Cl)cc(Cl)c3C2=O)cc1. The van der Waals surface area contributed by atoms with Crippen molar-refractivity contribution >= 4 is 40.6 Å². The Bertz CT molecular complexity index is 1130. The number of methoxy groups -OCH3 is 1. The minimum absolute atomic E-state index is 0.193. The molecule has 152 valence electrons. The summed E-state index contributed by atoms with van der Waals surface area (Å²) in [6.07, 6.45) is 3.31. The normalized spacial score (nSPS) is 19.1. The maximum atomic E-state index is 14.0. The van der Waals surface area contributed by atoms with Gasteiger partial charge in [-0.3, -0.25) is 14.6 Å². The number of amides is 1. The molecule has 1 aliphatic rings. The number of ketones is 1. The van der Waals surface area contributed by atoms with Crippen molar-refractivity contribution in [3.05, 3.63) is 87.7 Å². The maximum absolute atomic E-state index is 14.0. The fourth-order valence-corrected chi connectivity index (χ4v) is 4.64. The van der Waals surface area contributed by atoms with E-state index in [-0.39, 0.29) is 16.4 Å². The monoisotopic (exact) mass is 440 g/mol. The number of carbonyl (C=O) groups is 2. The van der Waals surface area contributed by atoms with Crippen LogP contribution in [0.25, 0.3) is 0 Å². The number of halogens is 2. The first-order valence-corrected chi connectivity index (χ1v) is 10.0. The van der Waals surface area contributed by atoms with Crippen molar-refractivity contribution < 1.29 is 14.3 Å². The van der Waals surface area contributed by atoms with Crippen LogP contribution in [0.1, 0.15) is 34.3 Å². The van der Waals surface area contributed by atoms with Gasteiger partial charge < -0.3 is 10.1 Å². The lowest BCUT2D eigenvalue weighted by Gasteiger charge is -2.40. The van der Waals surface area contributed by atoms with Gasteiger partial charge in [0.05, 0.1) is 23.4 Å². The Morgan fingerprint density at radius 2 is 1.83 bits per heavy atom. The predicted molar refractivity (Wildman–Crippen MR) is 117 cm³/mol. The van der Waals surface area contributed by atoms with Crippen molar-refractivity contribution in [1.29, 1.82) is 0 Å². The number of hydrogen-bond acceptors (Lipinski definition) is 4. The summed E-state index contributed by atoms with van der Waals surface area (Å²) < 4.78 is 5.25. The fraction of sp³-hybridized carbons (Fsp3) is 0.174. The molecule has 1 aromatic heterocycles. The summed E-state index contributed by atoms with van der Waals surface area (Å²) in [5.41, 5.74) is 0.307. The summed E-state index contributed by atoms with van der Waals surface area (Å²) >= 11 is 12.5. The van der Waals surface area contributed by atoms with Crippen molar-refractivity contribution in [2.24, 2.45) is 0 Å². The highest BCUT2D eigenvalue weighted by atomic mass is 35.5. The molecule has 1 amide bonds. The van der Waals surface area contributed by atoms with Crippen LogP contribution in [0.3, 0.4) is 0 Å². The molecule has 1 N–H and O–H groups in total. The molecule has 2 atom stereocenters. The van der Waals surface area contributed by atoms with Crippen molar-refractivity contribution in [1.82, 2.24) is 4.98 Å². The highest BCUT2D eigenvalue weighted by Crippen LogP contribution is 2.48. The Morgan fingerprint density at radius 1 is 1.10 bits per heavy atom. The Labute approximate surface area is 184 Å². The Balaban J connectivity index is 1.99. The first-order valence-electron chi connectivity index (χ1n) is 9.29. The molecule has 0 bridgehead atoms. The van der Waals surface area contributed by atoms with Crippen LogP contribution in [0, 0.1) is 0 Å². The van der Waals surface area contributed by atoms with Gasteiger partial charge in [0.25, 0.3) is 0 Å². The molecule has 4 rings (SSSR count). The van der Waals surface area contributed by atoms with E-state index in [1.807, 2.05) is 13.0 Å². The number of fused-ring (bicyclic) bond motifs is 1. The average Bonchev–Trinajstić information content (AvgIpc) is 2.74. The molecule has 2 heterocycles. The van der Waals surface area contributed by atoms with E-state index >= 15 is 0 Å². The van der Waals surface area contributed by atoms with Gasteiger partial charge in [-0.05, 0) is 41.5 Å². The first kappa shape index (κ1) is 20.4. The zero-order chi connectivity index (χ0) is 21.5. The van der Waals surface area contributed by atoms with Gasteiger partial charge in [-0.15, -0.1) is 0 Å². The lowest BCUT2D eigenvalue weighted by atomic mass is 9.62. The lowest BCUT2D eigenvalue weighted by Crippen LogP contribution is -2.54. The van der Waals surface area contributed by atoms with Gasteiger partial charge in [-0.25, -0.2) is 0 Å². The first-order chi connectivity index (χ1) is 14.4. The van der Waals surface area contributed by atoms with E-state index in [0.717, 1.165) is 5.56 Å².